The van der Waals surface area contributed by atoms with E-state index in [4.69, 9.17) is 0 Å². The predicted molar refractivity (Wildman–Crippen MR) is 92.5 cm³/mol. The van der Waals surface area contributed by atoms with Crippen LogP contribution in [0.25, 0.3) is 6.08 Å². The molecular formula is C15H14BrIN2O2. The van der Waals surface area contributed by atoms with Crippen LogP contribution >= 0.6 is 38.5 Å². The molecule has 0 saturated heterocycles. The van der Waals surface area contributed by atoms with E-state index in [0.717, 1.165) is 30.2 Å². The SMILES string of the molecule is N#C/C(=C\c1cc(Br)cc(I)c1O)C(=O)NC1CCCC1. The molecule has 1 aliphatic carbocycles. The van der Waals surface area contributed by atoms with Crippen molar-refractivity contribution in [3.05, 3.63) is 31.3 Å². The zero-order valence-corrected chi connectivity index (χ0v) is 14.9. The first-order valence-electron chi connectivity index (χ1n) is 6.62. The fourth-order valence-corrected chi connectivity index (χ4v) is 3.88. The van der Waals surface area contributed by atoms with Crippen LogP contribution in [0.15, 0.2) is 22.2 Å². The number of hydrogen-bond donors (Lipinski definition) is 2. The van der Waals surface area contributed by atoms with Crippen LogP contribution in [0.4, 0.5) is 0 Å². The van der Waals surface area contributed by atoms with Crippen LogP contribution in [0.1, 0.15) is 31.2 Å². The average molecular weight is 461 g/mol. The molecule has 0 aliphatic heterocycles. The normalized spacial score (nSPS) is 15.8. The molecule has 0 aromatic heterocycles. The number of aromatic hydroxyl groups is 1. The first-order valence-corrected chi connectivity index (χ1v) is 8.49. The summed E-state index contributed by atoms with van der Waals surface area (Å²) >= 11 is 5.34. The fourth-order valence-electron chi connectivity index (χ4n) is 2.33. The number of carbonyl (C=O) groups is 1. The standard InChI is InChI=1S/C15H14BrIN2O2/c16-11-6-9(14(20)13(17)7-11)5-10(8-18)15(21)19-12-3-1-2-4-12/h5-7,12,20H,1-4H2,(H,19,21)/b10-5+. The largest absolute Gasteiger partial charge is 0.506 e. The smallest absolute Gasteiger partial charge is 0.262 e. The van der Waals surface area contributed by atoms with E-state index in [1.54, 1.807) is 12.1 Å². The molecule has 110 valence electrons. The van der Waals surface area contributed by atoms with E-state index in [0.29, 0.717) is 9.13 Å². The second-order valence-corrected chi connectivity index (χ2v) is 7.03. The van der Waals surface area contributed by atoms with Crippen LogP contribution < -0.4 is 5.32 Å². The van der Waals surface area contributed by atoms with Crippen molar-refractivity contribution in [2.75, 3.05) is 0 Å². The lowest BCUT2D eigenvalue weighted by Crippen LogP contribution is -2.33. The van der Waals surface area contributed by atoms with Crippen molar-refractivity contribution in [3.63, 3.8) is 0 Å². The quantitative estimate of drug-likeness (QED) is 0.410. The lowest BCUT2D eigenvalue weighted by molar-refractivity contribution is -0.117. The molecule has 0 radical (unpaired) electrons. The van der Waals surface area contributed by atoms with Gasteiger partial charge < -0.3 is 10.4 Å². The van der Waals surface area contributed by atoms with Gasteiger partial charge in [0.15, 0.2) is 0 Å². The van der Waals surface area contributed by atoms with Crippen LogP contribution in [0.5, 0.6) is 5.75 Å². The first-order chi connectivity index (χ1) is 10.0. The molecule has 0 atom stereocenters. The van der Waals surface area contributed by atoms with E-state index >= 15 is 0 Å². The number of nitrogens with zero attached hydrogens (tertiary/aromatic N) is 1. The summed E-state index contributed by atoms with van der Waals surface area (Å²) in [5.74, 6) is -0.306. The van der Waals surface area contributed by atoms with Crippen LogP contribution in [0, 0.1) is 14.9 Å². The average Bonchev–Trinajstić information content (AvgIpc) is 2.93. The molecule has 1 aromatic carbocycles. The number of phenols is 1. The fraction of sp³-hybridized carbons (Fsp3) is 0.333. The van der Waals surface area contributed by atoms with E-state index in [9.17, 15) is 15.2 Å². The van der Waals surface area contributed by atoms with E-state index in [1.807, 2.05) is 28.7 Å². The summed E-state index contributed by atoms with van der Waals surface area (Å²) in [6.07, 6.45) is 5.57. The van der Waals surface area contributed by atoms with Gasteiger partial charge in [-0.1, -0.05) is 28.8 Å². The highest BCUT2D eigenvalue weighted by Crippen LogP contribution is 2.30. The number of nitriles is 1. The Bertz CT molecular complexity index is 631. The lowest BCUT2D eigenvalue weighted by Gasteiger charge is -2.11. The van der Waals surface area contributed by atoms with E-state index < -0.39 is 0 Å². The number of phenolic OH excluding ortho intramolecular Hbond substituents is 1. The van der Waals surface area contributed by atoms with Gasteiger partial charge in [0, 0.05) is 16.1 Å². The van der Waals surface area contributed by atoms with Gasteiger partial charge in [0.05, 0.1) is 3.57 Å². The summed E-state index contributed by atoms with van der Waals surface area (Å²) in [5.41, 5.74) is 0.456. The van der Waals surface area contributed by atoms with Gasteiger partial charge in [0.25, 0.3) is 5.91 Å². The van der Waals surface area contributed by atoms with Gasteiger partial charge in [0.1, 0.15) is 17.4 Å². The van der Waals surface area contributed by atoms with Crippen molar-refractivity contribution in [3.8, 4) is 11.8 Å². The topological polar surface area (TPSA) is 73.1 Å². The Balaban J connectivity index is 2.24. The van der Waals surface area contributed by atoms with Crippen LogP contribution in [-0.2, 0) is 4.79 Å². The second-order valence-electron chi connectivity index (χ2n) is 4.95. The predicted octanol–water partition coefficient (Wildman–Crippen LogP) is 3.73. The minimum atomic E-state index is -0.376. The summed E-state index contributed by atoms with van der Waals surface area (Å²) in [7, 11) is 0. The number of rotatable bonds is 3. The highest BCUT2D eigenvalue weighted by atomic mass is 127. The molecule has 21 heavy (non-hydrogen) atoms. The molecule has 1 aromatic rings. The molecule has 1 fully saturated rings. The highest BCUT2D eigenvalue weighted by molar-refractivity contribution is 14.1. The van der Waals surface area contributed by atoms with Gasteiger partial charge in [-0.25, -0.2) is 0 Å². The highest BCUT2D eigenvalue weighted by Gasteiger charge is 2.19. The van der Waals surface area contributed by atoms with Crippen molar-refractivity contribution in [2.24, 2.45) is 0 Å². The van der Waals surface area contributed by atoms with Crippen molar-refractivity contribution in [2.45, 2.75) is 31.7 Å². The van der Waals surface area contributed by atoms with E-state index in [2.05, 4.69) is 21.2 Å². The Labute approximate surface area is 145 Å². The number of carbonyl (C=O) groups excluding carboxylic acids is 1. The third kappa shape index (κ3) is 4.20. The zero-order chi connectivity index (χ0) is 15.4. The van der Waals surface area contributed by atoms with Crippen molar-refractivity contribution in [1.82, 2.24) is 5.32 Å². The molecule has 2 rings (SSSR count). The third-order valence-electron chi connectivity index (χ3n) is 3.41. The van der Waals surface area contributed by atoms with Gasteiger partial charge >= 0.3 is 0 Å². The Morgan fingerprint density at radius 1 is 1.48 bits per heavy atom. The van der Waals surface area contributed by atoms with E-state index in [-0.39, 0.29) is 23.3 Å². The van der Waals surface area contributed by atoms with E-state index in [1.165, 1.54) is 6.08 Å². The van der Waals surface area contributed by atoms with Gasteiger partial charge in [0.2, 0.25) is 0 Å². The Hall–Kier alpha value is -1.07. The van der Waals surface area contributed by atoms with Gasteiger partial charge in [-0.05, 0) is 53.6 Å². The summed E-state index contributed by atoms with van der Waals surface area (Å²) < 4.78 is 1.44. The van der Waals surface area contributed by atoms with Crippen molar-refractivity contribution in [1.29, 1.82) is 5.26 Å². The number of benzene rings is 1. The van der Waals surface area contributed by atoms with Crippen molar-refractivity contribution < 1.29 is 9.90 Å². The molecule has 0 spiro atoms. The molecule has 1 aliphatic rings. The monoisotopic (exact) mass is 460 g/mol. The molecule has 0 bridgehead atoms. The van der Waals surface area contributed by atoms with Gasteiger partial charge in [-0.3, -0.25) is 4.79 Å². The Morgan fingerprint density at radius 3 is 2.76 bits per heavy atom. The number of amides is 1. The molecule has 0 heterocycles. The molecule has 6 heteroatoms. The first kappa shape index (κ1) is 16.3. The summed E-state index contributed by atoms with van der Waals surface area (Å²) in [6, 6.07) is 5.51. The number of hydrogen-bond acceptors (Lipinski definition) is 3. The molecule has 4 nitrogen and oxygen atoms in total. The van der Waals surface area contributed by atoms with Crippen LogP contribution in [-0.4, -0.2) is 17.1 Å². The maximum absolute atomic E-state index is 12.1. The summed E-state index contributed by atoms with van der Waals surface area (Å²) in [6.45, 7) is 0. The Kier molecular flexibility index (Phi) is 5.65. The second kappa shape index (κ2) is 7.27. The molecule has 2 N–H and O–H groups in total. The molecular weight excluding hydrogens is 447 g/mol. The van der Waals surface area contributed by atoms with Gasteiger partial charge in [-0.2, -0.15) is 5.26 Å². The summed E-state index contributed by atoms with van der Waals surface area (Å²) in [4.78, 5) is 12.1. The van der Waals surface area contributed by atoms with Gasteiger partial charge in [-0.15, -0.1) is 0 Å². The summed E-state index contributed by atoms with van der Waals surface area (Å²) in [5, 5.41) is 22.1. The number of nitrogens with one attached hydrogen (secondary N) is 1. The van der Waals surface area contributed by atoms with Crippen molar-refractivity contribution >= 4 is 50.5 Å². The van der Waals surface area contributed by atoms with Crippen LogP contribution in [0.3, 0.4) is 0 Å². The third-order valence-corrected chi connectivity index (χ3v) is 4.69. The zero-order valence-electron chi connectivity index (χ0n) is 11.2. The Morgan fingerprint density at radius 2 is 2.14 bits per heavy atom. The maximum atomic E-state index is 12.1. The molecule has 0 unspecified atom stereocenters. The molecule has 1 saturated carbocycles. The lowest BCUT2D eigenvalue weighted by atomic mass is 10.1. The van der Waals surface area contributed by atoms with Crippen LogP contribution in [0.2, 0.25) is 0 Å². The molecule has 1 amide bonds. The minimum Gasteiger partial charge on any atom is -0.506 e. The number of halogens is 2. The minimum absolute atomic E-state index is 0.00565. The maximum Gasteiger partial charge on any atom is 0.262 e.